The van der Waals surface area contributed by atoms with E-state index < -0.39 is 0 Å². The summed E-state index contributed by atoms with van der Waals surface area (Å²) in [7, 11) is 0. The molecule has 4 atom stereocenters. The predicted octanol–water partition coefficient (Wildman–Crippen LogP) is 3.75. The second-order valence-corrected chi connectivity index (χ2v) is 7.88. The van der Waals surface area contributed by atoms with Crippen LogP contribution in [0, 0.1) is 22.2 Å². The lowest BCUT2D eigenvalue weighted by Gasteiger charge is -2.57. The lowest BCUT2D eigenvalue weighted by atomic mass is 9.48. The third-order valence-electron chi connectivity index (χ3n) is 6.71. The van der Waals surface area contributed by atoms with Crippen molar-refractivity contribution >= 4 is 0 Å². The zero-order chi connectivity index (χ0) is 11.8. The quantitative estimate of drug-likeness (QED) is 0.662. The first-order valence-corrected chi connectivity index (χ1v) is 6.98. The van der Waals surface area contributed by atoms with Crippen molar-refractivity contribution in [1.82, 2.24) is 0 Å². The molecule has 92 valence electrons. The van der Waals surface area contributed by atoms with Crippen LogP contribution in [0.5, 0.6) is 0 Å². The Hall–Kier alpha value is -0.0400. The summed E-state index contributed by atoms with van der Waals surface area (Å²) in [6.45, 7) is 9.48. The van der Waals surface area contributed by atoms with Gasteiger partial charge in [0.25, 0.3) is 0 Å². The highest BCUT2D eigenvalue weighted by Crippen LogP contribution is 2.81. The van der Waals surface area contributed by atoms with Gasteiger partial charge >= 0.3 is 0 Å². The fourth-order valence-corrected chi connectivity index (χ4v) is 5.66. The van der Waals surface area contributed by atoms with E-state index in [1.807, 2.05) is 0 Å². The van der Waals surface area contributed by atoms with Gasteiger partial charge in [-0.05, 0) is 61.2 Å². The molecule has 3 aliphatic carbocycles. The largest absolute Gasteiger partial charge is 0.390 e. The van der Waals surface area contributed by atoms with Gasteiger partial charge in [0.1, 0.15) is 0 Å². The molecule has 3 saturated carbocycles. The van der Waals surface area contributed by atoms with E-state index in [0.29, 0.717) is 22.2 Å². The van der Waals surface area contributed by atoms with E-state index in [0.717, 1.165) is 6.42 Å². The van der Waals surface area contributed by atoms with Crippen molar-refractivity contribution in [3.05, 3.63) is 0 Å². The van der Waals surface area contributed by atoms with Crippen LogP contribution in [0.3, 0.4) is 0 Å². The first kappa shape index (κ1) is 11.1. The van der Waals surface area contributed by atoms with Crippen LogP contribution in [-0.2, 0) is 0 Å². The number of hydrogen-bond acceptors (Lipinski definition) is 1. The van der Waals surface area contributed by atoms with Crippen LogP contribution in [0.25, 0.3) is 0 Å². The molecule has 0 saturated heterocycles. The molecule has 0 aromatic heterocycles. The van der Waals surface area contributed by atoms with E-state index in [4.69, 9.17) is 0 Å². The first-order chi connectivity index (χ1) is 7.25. The van der Waals surface area contributed by atoms with E-state index >= 15 is 0 Å². The standard InChI is InChI=1S/C15H26O/c1-12(2)6-5-7-13(3)8-9-14(4,16)11-10-15(11,12)13/h11,16H,5-10H2,1-4H3/t11-,13-,14-,15-/m1/s1. The maximum Gasteiger partial charge on any atom is 0.0653 e. The van der Waals surface area contributed by atoms with Gasteiger partial charge in [-0.1, -0.05) is 27.2 Å². The molecule has 1 spiro atoms. The Balaban J connectivity index is 2.05. The lowest BCUT2D eigenvalue weighted by molar-refractivity contribution is -0.122. The summed E-state index contributed by atoms with van der Waals surface area (Å²) in [6.07, 6.45) is 7.67. The highest BCUT2D eigenvalue weighted by atomic mass is 16.3. The molecular weight excluding hydrogens is 196 g/mol. The second-order valence-electron chi connectivity index (χ2n) is 7.88. The minimum absolute atomic E-state index is 0.381. The Labute approximate surface area is 99.6 Å². The van der Waals surface area contributed by atoms with Crippen molar-refractivity contribution in [1.29, 1.82) is 0 Å². The van der Waals surface area contributed by atoms with Crippen LogP contribution in [0.2, 0.25) is 0 Å². The molecule has 1 nitrogen and oxygen atoms in total. The van der Waals surface area contributed by atoms with Crippen molar-refractivity contribution in [2.45, 2.75) is 71.8 Å². The maximum atomic E-state index is 10.6. The van der Waals surface area contributed by atoms with Crippen molar-refractivity contribution in [3.8, 4) is 0 Å². The summed E-state index contributed by atoms with van der Waals surface area (Å²) in [5.41, 5.74) is 1.03. The van der Waals surface area contributed by atoms with Crippen LogP contribution in [-0.4, -0.2) is 10.7 Å². The van der Waals surface area contributed by atoms with Gasteiger partial charge in [-0.3, -0.25) is 0 Å². The second kappa shape index (κ2) is 2.68. The van der Waals surface area contributed by atoms with E-state index in [9.17, 15) is 5.11 Å². The molecular formula is C15H26O. The Kier molecular flexibility index (Phi) is 1.86. The highest BCUT2D eigenvalue weighted by molar-refractivity contribution is 5.25. The van der Waals surface area contributed by atoms with Crippen LogP contribution >= 0.6 is 0 Å². The fraction of sp³-hybridized carbons (Fsp3) is 1.00. The van der Waals surface area contributed by atoms with Gasteiger partial charge < -0.3 is 5.11 Å². The molecule has 0 aromatic rings. The zero-order valence-electron chi connectivity index (χ0n) is 11.3. The molecule has 16 heavy (non-hydrogen) atoms. The van der Waals surface area contributed by atoms with E-state index in [1.165, 1.54) is 32.1 Å². The van der Waals surface area contributed by atoms with E-state index in [1.54, 1.807) is 0 Å². The van der Waals surface area contributed by atoms with Gasteiger partial charge in [0, 0.05) is 0 Å². The summed E-state index contributed by atoms with van der Waals surface area (Å²) in [5.74, 6) is 0.578. The number of hydrogen-bond donors (Lipinski definition) is 1. The van der Waals surface area contributed by atoms with Gasteiger partial charge in [-0.2, -0.15) is 0 Å². The Bertz CT molecular complexity index is 330. The zero-order valence-corrected chi connectivity index (χ0v) is 11.3. The first-order valence-electron chi connectivity index (χ1n) is 6.98. The van der Waals surface area contributed by atoms with Gasteiger partial charge in [-0.25, -0.2) is 0 Å². The van der Waals surface area contributed by atoms with Gasteiger partial charge in [0.05, 0.1) is 5.60 Å². The average molecular weight is 222 g/mol. The average Bonchev–Trinajstić information content (AvgIpc) is 2.89. The maximum absolute atomic E-state index is 10.6. The van der Waals surface area contributed by atoms with Crippen LogP contribution in [0.15, 0.2) is 0 Å². The van der Waals surface area contributed by atoms with Gasteiger partial charge in [-0.15, -0.1) is 0 Å². The van der Waals surface area contributed by atoms with Crippen LogP contribution < -0.4 is 0 Å². The molecule has 3 rings (SSSR count). The molecule has 1 heteroatoms. The molecule has 1 N–H and O–H groups in total. The summed E-state index contributed by atoms with van der Waals surface area (Å²) in [5, 5.41) is 10.6. The topological polar surface area (TPSA) is 20.2 Å². The Morgan fingerprint density at radius 2 is 1.62 bits per heavy atom. The van der Waals surface area contributed by atoms with E-state index in [2.05, 4.69) is 27.7 Å². The number of rotatable bonds is 0. The Morgan fingerprint density at radius 3 is 2.31 bits per heavy atom. The molecule has 0 aliphatic heterocycles. The van der Waals surface area contributed by atoms with Crippen molar-refractivity contribution < 1.29 is 5.11 Å². The minimum Gasteiger partial charge on any atom is -0.390 e. The van der Waals surface area contributed by atoms with Crippen molar-refractivity contribution in [3.63, 3.8) is 0 Å². The predicted molar refractivity (Wildman–Crippen MR) is 66.1 cm³/mol. The minimum atomic E-state index is -0.381. The van der Waals surface area contributed by atoms with Crippen molar-refractivity contribution in [2.75, 3.05) is 0 Å². The third-order valence-corrected chi connectivity index (χ3v) is 6.71. The molecule has 0 amide bonds. The van der Waals surface area contributed by atoms with Crippen LogP contribution in [0.4, 0.5) is 0 Å². The highest BCUT2D eigenvalue weighted by Gasteiger charge is 2.77. The molecule has 0 heterocycles. The van der Waals surface area contributed by atoms with E-state index in [-0.39, 0.29) is 5.60 Å². The molecule has 0 radical (unpaired) electrons. The summed E-state index contributed by atoms with van der Waals surface area (Å²) in [4.78, 5) is 0. The number of aliphatic hydroxyl groups is 1. The fourth-order valence-electron chi connectivity index (χ4n) is 5.66. The van der Waals surface area contributed by atoms with Crippen molar-refractivity contribution in [2.24, 2.45) is 22.2 Å². The molecule has 3 fully saturated rings. The summed E-state index contributed by atoms with van der Waals surface area (Å²) < 4.78 is 0. The summed E-state index contributed by atoms with van der Waals surface area (Å²) in [6, 6.07) is 0. The molecule has 0 unspecified atom stereocenters. The van der Waals surface area contributed by atoms with Gasteiger partial charge in [0.2, 0.25) is 0 Å². The molecule has 0 aromatic carbocycles. The molecule has 3 aliphatic rings. The lowest BCUT2D eigenvalue weighted by Crippen LogP contribution is -2.52. The van der Waals surface area contributed by atoms with Gasteiger partial charge in [0.15, 0.2) is 0 Å². The monoisotopic (exact) mass is 222 g/mol. The third kappa shape index (κ3) is 1.02. The molecule has 0 bridgehead atoms. The summed E-state index contributed by atoms with van der Waals surface area (Å²) >= 11 is 0. The smallest absolute Gasteiger partial charge is 0.0653 e. The van der Waals surface area contributed by atoms with Crippen LogP contribution in [0.1, 0.15) is 66.2 Å². The Morgan fingerprint density at radius 1 is 0.938 bits per heavy atom. The normalized spacial score (nSPS) is 58.7. The SMILES string of the molecule is CC1(C)CCC[C@]2(C)CC[C@@](C)(O)[C@H]3C[C@@]312.